The van der Waals surface area contributed by atoms with E-state index in [-0.39, 0.29) is 4.70 Å². The maximum absolute atomic E-state index is 2.44. The van der Waals surface area contributed by atoms with E-state index >= 15 is 0 Å². The van der Waals surface area contributed by atoms with Gasteiger partial charge in [0.2, 0.25) is 0 Å². The topological polar surface area (TPSA) is 0 Å². The number of rotatable bonds is 1. The van der Waals surface area contributed by atoms with Gasteiger partial charge in [-0.25, -0.2) is 0 Å². The van der Waals surface area contributed by atoms with E-state index < -0.39 is 0 Å². The molecule has 0 amide bonds. The van der Waals surface area contributed by atoms with Gasteiger partial charge in [0.05, 0.1) is 0 Å². The Morgan fingerprint density at radius 2 is 1.25 bits per heavy atom. The molecule has 0 aliphatic heterocycles. The third kappa shape index (κ3) is 1.09. The van der Waals surface area contributed by atoms with Crippen molar-refractivity contribution in [2.24, 2.45) is 16.2 Å². The summed E-state index contributed by atoms with van der Waals surface area (Å²) in [7, 11) is 0. The van der Waals surface area contributed by atoms with Gasteiger partial charge in [0.25, 0.3) is 0 Å². The maximum Gasteiger partial charge on any atom is -0.0226 e. The Bertz CT molecular complexity index is 154. The van der Waals surface area contributed by atoms with E-state index in [1.165, 1.54) is 12.8 Å². The predicted molar refractivity (Wildman–Crippen MR) is 53.1 cm³/mol. The van der Waals surface area contributed by atoms with Crippen molar-refractivity contribution in [2.45, 2.75) is 54.4 Å². The first-order chi connectivity index (χ1) is 4.77. The summed E-state index contributed by atoms with van der Waals surface area (Å²) in [6, 6.07) is 0. The minimum absolute atomic E-state index is 0. The SMILES string of the molecule is CCC1(C)C(C)(C)CC1(C)C.F. The lowest BCUT2D eigenvalue weighted by atomic mass is 9.38. The zero-order valence-corrected chi connectivity index (χ0v) is 9.32. The van der Waals surface area contributed by atoms with Crippen molar-refractivity contribution in [1.82, 2.24) is 0 Å². The summed E-state index contributed by atoms with van der Waals surface area (Å²) in [6.07, 6.45) is 2.69. The van der Waals surface area contributed by atoms with Crippen molar-refractivity contribution in [3.8, 4) is 0 Å². The largest absolute Gasteiger partial charge is 0.269 e. The molecule has 0 saturated heterocycles. The first-order valence-corrected chi connectivity index (χ1v) is 4.77. The molecule has 1 heteroatoms. The molecule has 12 heavy (non-hydrogen) atoms. The van der Waals surface area contributed by atoms with Crippen LogP contribution < -0.4 is 0 Å². The minimum atomic E-state index is 0. The van der Waals surface area contributed by atoms with Crippen LogP contribution in [0, 0.1) is 16.2 Å². The van der Waals surface area contributed by atoms with Gasteiger partial charge in [0.15, 0.2) is 0 Å². The lowest BCUT2D eigenvalue weighted by Gasteiger charge is -2.66. The highest BCUT2D eigenvalue weighted by Gasteiger charge is 2.60. The van der Waals surface area contributed by atoms with Crippen LogP contribution in [0.3, 0.4) is 0 Å². The first-order valence-electron chi connectivity index (χ1n) is 4.77. The zero-order valence-electron chi connectivity index (χ0n) is 9.32. The van der Waals surface area contributed by atoms with Crippen LogP contribution >= 0.6 is 0 Å². The van der Waals surface area contributed by atoms with Crippen LogP contribution in [0.1, 0.15) is 54.4 Å². The monoisotopic (exact) mass is 174 g/mol. The summed E-state index contributed by atoms with van der Waals surface area (Å²) in [6.45, 7) is 14.4. The Balaban J connectivity index is 0.00000121. The van der Waals surface area contributed by atoms with Crippen LogP contribution in [0.15, 0.2) is 0 Å². The van der Waals surface area contributed by atoms with Crippen molar-refractivity contribution >= 4 is 0 Å². The number of hydrogen-bond acceptors (Lipinski definition) is 0. The van der Waals surface area contributed by atoms with Crippen molar-refractivity contribution in [3.05, 3.63) is 0 Å². The number of hydrogen-bond donors (Lipinski definition) is 0. The normalized spacial score (nSPS) is 28.5. The Kier molecular flexibility index (Phi) is 2.70. The average molecular weight is 174 g/mol. The van der Waals surface area contributed by atoms with E-state index in [2.05, 4.69) is 41.5 Å². The standard InChI is InChI=1S/C11H22.FH/c1-7-11(6)9(2,3)8-10(11,4)5;/h7-8H2,1-6H3;1H. The Hall–Kier alpha value is -0.0700. The fraction of sp³-hybridized carbons (Fsp3) is 1.00. The predicted octanol–water partition coefficient (Wildman–Crippen LogP) is 4.01. The molecule has 0 spiro atoms. The molecular formula is C11H23F. The van der Waals surface area contributed by atoms with Crippen LogP contribution in [0.25, 0.3) is 0 Å². The van der Waals surface area contributed by atoms with Gasteiger partial charge in [-0.15, -0.1) is 0 Å². The fourth-order valence-corrected chi connectivity index (χ4v) is 3.26. The van der Waals surface area contributed by atoms with E-state index in [1.54, 1.807) is 0 Å². The summed E-state index contributed by atoms with van der Waals surface area (Å²) in [4.78, 5) is 0. The molecule has 1 rings (SSSR count). The van der Waals surface area contributed by atoms with Crippen molar-refractivity contribution in [1.29, 1.82) is 0 Å². The van der Waals surface area contributed by atoms with E-state index in [1.807, 2.05) is 0 Å². The van der Waals surface area contributed by atoms with Crippen molar-refractivity contribution < 1.29 is 4.70 Å². The molecule has 1 aliphatic rings. The van der Waals surface area contributed by atoms with Gasteiger partial charge in [-0.1, -0.05) is 41.5 Å². The molecule has 0 nitrogen and oxygen atoms in total. The molecule has 0 aromatic carbocycles. The Morgan fingerprint density at radius 3 is 1.33 bits per heavy atom. The molecule has 0 radical (unpaired) electrons. The van der Waals surface area contributed by atoms with Gasteiger partial charge in [-0.05, 0) is 29.1 Å². The molecule has 0 N–H and O–H groups in total. The van der Waals surface area contributed by atoms with E-state index in [4.69, 9.17) is 0 Å². The summed E-state index contributed by atoms with van der Waals surface area (Å²) in [5, 5.41) is 0. The van der Waals surface area contributed by atoms with E-state index in [9.17, 15) is 0 Å². The molecule has 0 heterocycles. The molecule has 1 aliphatic carbocycles. The van der Waals surface area contributed by atoms with Crippen LogP contribution in [0.5, 0.6) is 0 Å². The molecular weight excluding hydrogens is 151 g/mol. The van der Waals surface area contributed by atoms with Gasteiger partial charge < -0.3 is 0 Å². The second-order valence-corrected chi connectivity index (χ2v) is 5.63. The van der Waals surface area contributed by atoms with Crippen LogP contribution in [-0.2, 0) is 0 Å². The molecule has 74 valence electrons. The van der Waals surface area contributed by atoms with Crippen LogP contribution in [-0.4, -0.2) is 0 Å². The lowest BCUT2D eigenvalue weighted by Crippen LogP contribution is -2.58. The van der Waals surface area contributed by atoms with Crippen molar-refractivity contribution in [2.75, 3.05) is 0 Å². The molecule has 1 fully saturated rings. The third-order valence-corrected chi connectivity index (χ3v) is 4.58. The van der Waals surface area contributed by atoms with Gasteiger partial charge in [0, 0.05) is 0 Å². The Morgan fingerprint density at radius 1 is 0.917 bits per heavy atom. The fourth-order valence-electron chi connectivity index (χ4n) is 3.26. The molecule has 0 aromatic rings. The van der Waals surface area contributed by atoms with Gasteiger partial charge in [-0.2, -0.15) is 0 Å². The lowest BCUT2D eigenvalue weighted by molar-refractivity contribution is -0.172. The second kappa shape index (κ2) is 2.71. The van der Waals surface area contributed by atoms with Crippen molar-refractivity contribution in [3.63, 3.8) is 0 Å². The average Bonchev–Trinajstić information content (AvgIpc) is 1.83. The minimum Gasteiger partial charge on any atom is -0.269 e. The van der Waals surface area contributed by atoms with Gasteiger partial charge >= 0.3 is 0 Å². The summed E-state index contributed by atoms with van der Waals surface area (Å²) < 4.78 is 0. The second-order valence-electron chi connectivity index (χ2n) is 5.63. The quantitative estimate of drug-likeness (QED) is 0.563. The van der Waals surface area contributed by atoms with Crippen LogP contribution in [0.4, 0.5) is 4.70 Å². The summed E-state index contributed by atoms with van der Waals surface area (Å²) >= 11 is 0. The first kappa shape index (κ1) is 11.9. The highest BCUT2D eigenvalue weighted by Crippen LogP contribution is 2.68. The zero-order chi connectivity index (χ0) is 8.91. The maximum atomic E-state index is 2.44. The molecule has 0 atom stereocenters. The van der Waals surface area contributed by atoms with Gasteiger partial charge in [-0.3, -0.25) is 4.70 Å². The molecule has 0 aromatic heterocycles. The van der Waals surface area contributed by atoms with E-state index in [0.29, 0.717) is 16.2 Å². The van der Waals surface area contributed by atoms with E-state index in [0.717, 1.165) is 0 Å². The Labute approximate surface area is 76.1 Å². The number of halogens is 1. The highest BCUT2D eigenvalue weighted by atomic mass is 19.0. The highest BCUT2D eigenvalue weighted by molar-refractivity contribution is 5.09. The summed E-state index contributed by atoms with van der Waals surface area (Å²) in [5.74, 6) is 0. The summed E-state index contributed by atoms with van der Waals surface area (Å²) in [5.41, 5.74) is 1.68. The smallest absolute Gasteiger partial charge is 0.0226 e. The molecule has 0 unspecified atom stereocenters. The molecule has 1 saturated carbocycles. The third-order valence-electron chi connectivity index (χ3n) is 4.58. The molecule has 0 bridgehead atoms. The van der Waals surface area contributed by atoms with Gasteiger partial charge in [0.1, 0.15) is 0 Å². The van der Waals surface area contributed by atoms with Crippen LogP contribution in [0.2, 0.25) is 0 Å².